The molecule has 4 nitrogen and oxygen atoms in total. The van der Waals surface area contributed by atoms with E-state index >= 15 is 0 Å². The highest BCUT2D eigenvalue weighted by Crippen LogP contribution is 2.30. The summed E-state index contributed by atoms with van der Waals surface area (Å²) in [6, 6.07) is 7.69. The van der Waals surface area contributed by atoms with Gasteiger partial charge in [-0.2, -0.15) is 0 Å². The van der Waals surface area contributed by atoms with Gasteiger partial charge in [-0.15, -0.1) is 0 Å². The molecule has 2 aliphatic heterocycles. The van der Waals surface area contributed by atoms with Gasteiger partial charge in [0.1, 0.15) is 0 Å². The molecule has 3 unspecified atom stereocenters. The molecule has 0 aliphatic carbocycles. The Labute approximate surface area is 146 Å². The zero-order valence-corrected chi connectivity index (χ0v) is 15.3. The van der Waals surface area contributed by atoms with Gasteiger partial charge in [-0.3, -0.25) is 9.59 Å². The number of carbonyl (C=O) groups is 2. The molecule has 2 heterocycles. The summed E-state index contributed by atoms with van der Waals surface area (Å²) < 4.78 is 0.941. The molecule has 3 rings (SSSR count). The number of rotatable bonds is 2. The Morgan fingerprint density at radius 2 is 1.87 bits per heavy atom. The fourth-order valence-electron chi connectivity index (χ4n) is 3.87. The number of piperidine rings is 1. The smallest absolute Gasteiger partial charge is 0.228 e. The standard InChI is InChI=1S/C18H23BrN2O2/c1-12-6-13(2)10-20(9-12)18(23)14-7-17(22)21(11-14)16-5-3-4-15(19)8-16/h3-5,8,12-14H,6-7,9-11H2,1-2H3. The van der Waals surface area contributed by atoms with Gasteiger partial charge in [0.15, 0.2) is 0 Å². The zero-order chi connectivity index (χ0) is 16.6. The maximum atomic E-state index is 12.8. The summed E-state index contributed by atoms with van der Waals surface area (Å²) in [4.78, 5) is 28.9. The number of hydrogen-bond donors (Lipinski definition) is 0. The highest BCUT2D eigenvalue weighted by atomic mass is 79.9. The van der Waals surface area contributed by atoms with Crippen LogP contribution < -0.4 is 4.90 Å². The monoisotopic (exact) mass is 378 g/mol. The van der Waals surface area contributed by atoms with Crippen molar-refractivity contribution in [1.29, 1.82) is 0 Å². The lowest BCUT2D eigenvalue weighted by Gasteiger charge is -2.36. The minimum atomic E-state index is -0.209. The molecule has 0 spiro atoms. The highest BCUT2D eigenvalue weighted by Gasteiger charge is 2.38. The Hall–Kier alpha value is -1.36. The molecule has 5 heteroatoms. The number of carbonyl (C=O) groups excluding carboxylic acids is 2. The van der Waals surface area contributed by atoms with Crippen molar-refractivity contribution in [3.8, 4) is 0 Å². The number of anilines is 1. The maximum absolute atomic E-state index is 12.8. The Morgan fingerprint density at radius 1 is 1.17 bits per heavy atom. The summed E-state index contributed by atoms with van der Waals surface area (Å²) in [6.45, 7) is 6.54. The molecular weight excluding hydrogens is 356 g/mol. The van der Waals surface area contributed by atoms with E-state index in [2.05, 4.69) is 29.8 Å². The van der Waals surface area contributed by atoms with Gasteiger partial charge in [0, 0.05) is 36.2 Å². The number of hydrogen-bond acceptors (Lipinski definition) is 2. The quantitative estimate of drug-likeness (QED) is 0.791. The van der Waals surface area contributed by atoms with Crippen molar-refractivity contribution in [2.24, 2.45) is 17.8 Å². The van der Waals surface area contributed by atoms with Gasteiger partial charge < -0.3 is 9.80 Å². The molecule has 1 aromatic rings. The number of likely N-dealkylation sites (tertiary alicyclic amines) is 1. The summed E-state index contributed by atoms with van der Waals surface area (Å²) in [5, 5.41) is 0. The van der Waals surface area contributed by atoms with E-state index in [4.69, 9.17) is 0 Å². The largest absolute Gasteiger partial charge is 0.342 e. The molecule has 2 aliphatic rings. The van der Waals surface area contributed by atoms with Crippen LogP contribution in [0.25, 0.3) is 0 Å². The van der Waals surface area contributed by atoms with E-state index in [1.807, 2.05) is 29.2 Å². The van der Waals surface area contributed by atoms with Crippen LogP contribution in [0.15, 0.2) is 28.7 Å². The topological polar surface area (TPSA) is 40.6 Å². The number of amides is 2. The van der Waals surface area contributed by atoms with Crippen molar-refractivity contribution >= 4 is 33.4 Å². The van der Waals surface area contributed by atoms with Gasteiger partial charge in [0.25, 0.3) is 0 Å². The highest BCUT2D eigenvalue weighted by molar-refractivity contribution is 9.10. The van der Waals surface area contributed by atoms with Crippen LogP contribution in [0.2, 0.25) is 0 Å². The molecule has 2 amide bonds. The van der Waals surface area contributed by atoms with Crippen LogP contribution in [-0.2, 0) is 9.59 Å². The van der Waals surface area contributed by atoms with E-state index in [1.54, 1.807) is 4.90 Å². The molecule has 1 aromatic carbocycles. The Bertz CT molecular complexity index is 609. The lowest BCUT2D eigenvalue weighted by atomic mass is 9.91. The first kappa shape index (κ1) is 16.5. The average Bonchev–Trinajstić information content (AvgIpc) is 2.87. The molecule has 2 fully saturated rings. The van der Waals surface area contributed by atoms with Crippen LogP contribution in [0.4, 0.5) is 5.69 Å². The fourth-order valence-corrected chi connectivity index (χ4v) is 4.25. The SMILES string of the molecule is CC1CC(C)CN(C(=O)C2CC(=O)N(c3cccc(Br)c3)C2)C1. The molecule has 0 aromatic heterocycles. The van der Waals surface area contributed by atoms with E-state index in [0.717, 1.165) is 23.2 Å². The summed E-state index contributed by atoms with van der Waals surface area (Å²) in [5.74, 6) is 1.06. The minimum absolute atomic E-state index is 0.0413. The van der Waals surface area contributed by atoms with E-state index in [-0.39, 0.29) is 17.7 Å². The van der Waals surface area contributed by atoms with Gasteiger partial charge in [-0.25, -0.2) is 0 Å². The van der Waals surface area contributed by atoms with Crippen molar-refractivity contribution < 1.29 is 9.59 Å². The van der Waals surface area contributed by atoms with Gasteiger partial charge in [0.05, 0.1) is 5.92 Å². The van der Waals surface area contributed by atoms with Crippen LogP contribution >= 0.6 is 15.9 Å². The first-order valence-electron chi connectivity index (χ1n) is 8.28. The second kappa shape index (κ2) is 6.63. The Morgan fingerprint density at radius 3 is 2.52 bits per heavy atom. The summed E-state index contributed by atoms with van der Waals surface area (Å²) in [7, 11) is 0. The van der Waals surface area contributed by atoms with Gasteiger partial charge in [-0.1, -0.05) is 35.8 Å². The number of benzene rings is 1. The van der Waals surface area contributed by atoms with Crippen molar-refractivity contribution in [3.63, 3.8) is 0 Å². The summed E-state index contributed by atoms with van der Waals surface area (Å²) >= 11 is 3.44. The van der Waals surface area contributed by atoms with E-state index < -0.39 is 0 Å². The lowest BCUT2D eigenvalue weighted by Crippen LogP contribution is -2.45. The lowest BCUT2D eigenvalue weighted by molar-refractivity contribution is -0.138. The van der Waals surface area contributed by atoms with E-state index in [0.29, 0.717) is 24.8 Å². The molecular formula is C18H23BrN2O2. The van der Waals surface area contributed by atoms with Crippen molar-refractivity contribution in [2.75, 3.05) is 24.5 Å². The third kappa shape index (κ3) is 3.60. The summed E-state index contributed by atoms with van der Waals surface area (Å²) in [5.41, 5.74) is 0.861. The zero-order valence-electron chi connectivity index (χ0n) is 13.7. The van der Waals surface area contributed by atoms with Gasteiger partial charge in [-0.05, 0) is 36.5 Å². The van der Waals surface area contributed by atoms with Crippen LogP contribution in [0.1, 0.15) is 26.7 Å². The molecule has 23 heavy (non-hydrogen) atoms. The van der Waals surface area contributed by atoms with E-state index in [9.17, 15) is 9.59 Å². The number of halogens is 1. The predicted octanol–water partition coefficient (Wildman–Crippen LogP) is 3.31. The molecule has 0 bridgehead atoms. The molecule has 0 saturated carbocycles. The molecule has 0 N–H and O–H groups in total. The first-order valence-corrected chi connectivity index (χ1v) is 9.08. The molecule has 0 radical (unpaired) electrons. The maximum Gasteiger partial charge on any atom is 0.228 e. The van der Waals surface area contributed by atoms with Crippen molar-refractivity contribution in [2.45, 2.75) is 26.7 Å². The predicted molar refractivity (Wildman–Crippen MR) is 94.1 cm³/mol. The van der Waals surface area contributed by atoms with Crippen LogP contribution in [0.5, 0.6) is 0 Å². The second-order valence-electron chi connectivity index (χ2n) is 7.07. The van der Waals surface area contributed by atoms with Gasteiger partial charge in [0.2, 0.25) is 11.8 Å². The van der Waals surface area contributed by atoms with E-state index in [1.165, 1.54) is 6.42 Å². The van der Waals surface area contributed by atoms with Crippen LogP contribution in [-0.4, -0.2) is 36.3 Å². The minimum Gasteiger partial charge on any atom is -0.342 e. The Kier molecular flexibility index (Phi) is 4.76. The van der Waals surface area contributed by atoms with Crippen LogP contribution in [0.3, 0.4) is 0 Å². The van der Waals surface area contributed by atoms with Crippen molar-refractivity contribution in [3.05, 3.63) is 28.7 Å². The second-order valence-corrected chi connectivity index (χ2v) is 7.99. The average molecular weight is 379 g/mol. The third-order valence-corrected chi connectivity index (χ3v) is 5.27. The summed E-state index contributed by atoms with van der Waals surface area (Å²) in [6.07, 6.45) is 1.50. The van der Waals surface area contributed by atoms with Crippen LogP contribution in [0, 0.1) is 17.8 Å². The third-order valence-electron chi connectivity index (χ3n) is 4.77. The normalized spacial score (nSPS) is 28.3. The molecule has 2 saturated heterocycles. The fraction of sp³-hybridized carbons (Fsp3) is 0.556. The molecule has 3 atom stereocenters. The first-order chi connectivity index (χ1) is 10.9. The molecule has 124 valence electrons. The van der Waals surface area contributed by atoms with Gasteiger partial charge >= 0.3 is 0 Å². The Balaban J connectivity index is 1.70. The number of nitrogens with zero attached hydrogens (tertiary/aromatic N) is 2. The van der Waals surface area contributed by atoms with Crippen molar-refractivity contribution in [1.82, 2.24) is 4.90 Å².